The number of carbonyl (C=O) groups is 2. The fourth-order valence-corrected chi connectivity index (χ4v) is 1.37. The van der Waals surface area contributed by atoms with Crippen molar-refractivity contribution in [1.29, 1.82) is 0 Å². The normalized spacial score (nSPS) is 9.76. The van der Waals surface area contributed by atoms with Gasteiger partial charge in [0.15, 0.2) is 6.61 Å². The molecule has 0 aliphatic rings. The molecule has 21 heavy (non-hydrogen) atoms. The zero-order valence-corrected chi connectivity index (χ0v) is 11.6. The molecular formula is C13H17N3O5. The number of amides is 2. The summed E-state index contributed by atoms with van der Waals surface area (Å²) < 4.78 is 5.15. The van der Waals surface area contributed by atoms with Crippen LogP contribution in [0, 0.1) is 10.1 Å². The molecule has 0 heterocycles. The third-order valence-electron chi connectivity index (χ3n) is 2.44. The van der Waals surface area contributed by atoms with Crippen LogP contribution in [-0.2, 0) is 9.59 Å². The second-order valence-electron chi connectivity index (χ2n) is 4.17. The van der Waals surface area contributed by atoms with E-state index in [-0.39, 0.29) is 24.7 Å². The Labute approximate surface area is 121 Å². The van der Waals surface area contributed by atoms with E-state index < -0.39 is 10.8 Å². The van der Waals surface area contributed by atoms with E-state index in [1.54, 1.807) is 0 Å². The second kappa shape index (κ2) is 8.51. The number of carbonyl (C=O) groups excluding carboxylic acids is 2. The number of nitrogens with one attached hydrogen (secondary N) is 2. The van der Waals surface area contributed by atoms with Crippen LogP contribution in [0.3, 0.4) is 0 Å². The Balaban J connectivity index is 2.29. The van der Waals surface area contributed by atoms with E-state index in [1.165, 1.54) is 24.3 Å². The van der Waals surface area contributed by atoms with Crippen molar-refractivity contribution < 1.29 is 19.2 Å². The first-order valence-corrected chi connectivity index (χ1v) is 6.43. The molecule has 1 aromatic rings. The van der Waals surface area contributed by atoms with Gasteiger partial charge in [-0.05, 0) is 18.6 Å². The lowest BCUT2D eigenvalue weighted by Crippen LogP contribution is -2.39. The third-order valence-corrected chi connectivity index (χ3v) is 2.44. The van der Waals surface area contributed by atoms with Gasteiger partial charge in [0.05, 0.1) is 11.5 Å². The highest BCUT2D eigenvalue weighted by Gasteiger charge is 2.07. The van der Waals surface area contributed by atoms with Crippen LogP contribution < -0.4 is 15.4 Å². The minimum atomic E-state index is -0.522. The van der Waals surface area contributed by atoms with Gasteiger partial charge in [0.2, 0.25) is 5.91 Å². The Morgan fingerprint density at radius 2 is 1.86 bits per heavy atom. The van der Waals surface area contributed by atoms with E-state index in [1.807, 2.05) is 6.92 Å². The summed E-state index contributed by atoms with van der Waals surface area (Å²) in [6.45, 7) is 2.12. The summed E-state index contributed by atoms with van der Waals surface area (Å²) in [5, 5.41) is 15.5. The summed E-state index contributed by atoms with van der Waals surface area (Å²) in [5.41, 5.74) is -0.0561. The van der Waals surface area contributed by atoms with Gasteiger partial charge in [-0.2, -0.15) is 0 Å². The first-order chi connectivity index (χ1) is 10.0. The number of non-ortho nitro benzene ring substituents is 1. The summed E-state index contributed by atoms with van der Waals surface area (Å²) >= 11 is 0. The predicted molar refractivity (Wildman–Crippen MR) is 74.9 cm³/mol. The van der Waals surface area contributed by atoms with Gasteiger partial charge >= 0.3 is 0 Å². The molecule has 0 saturated carbocycles. The molecule has 0 spiro atoms. The molecule has 2 amide bonds. The van der Waals surface area contributed by atoms with Crippen LogP contribution in [0.25, 0.3) is 0 Å². The van der Waals surface area contributed by atoms with Gasteiger partial charge in [0, 0.05) is 18.7 Å². The van der Waals surface area contributed by atoms with Gasteiger partial charge in [0.25, 0.3) is 11.6 Å². The van der Waals surface area contributed by atoms with E-state index in [0.29, 0.717) is 12.3 Å². The van der Waals surface area contributed by atoms with Gasteiger partial charge in [-0.15, -0.1) is 0 Å². The van der Waals surface area contributed by atoms with E-state index in [4.69, 9.17) is 4.74 Å². The van der Waals surface area contributed by atoms with Crippen LogP contribution in [0.2, 0.25) is 0 Å². The Kier molecular flexibility index (Phi) is 6.66. The fourth-order valence-electron chi connectivity index (χ4n) is 1.37. The summed E-state index contributed by atoms with van der Waals surface area (Å²) in [6, 6.07) is 5.37. The molecular weight excluding hydrogens is 278 g/mol. The molecule has 2 N–H and O–H groups in total. The van der Waals surface area contributed by atoms with Gasteiger partial charge in [-0.25, -0.2) is 0 Å². The molecule has 0 radical (unpaired) electrons. The third kappa shape index (κ3) is 6.37. The number of rotatable bonds is 8. The average Bonchev–Trinajstić information content (AvgIpc) is 2.49. The molecule has 0 fully saturated rings. The molecule has 0 aliphatic carbocycles. The van der Waals surface area contributed by atoms with Crippen LogP contribution in [0.15, 0.2) is 24.3 Å². The van der Waals surface area contributed by atoms with Crippen molar-refractivity contribution in [3.63, 3.8) is 0 Å². The number of benzene rings is 1. The van der Waals surface area contributed by atoms with E-state index in [9.17, 15) is 19.7 Å². The largest absolute Gasteiger partial charge is 0.484 e. The van der Waals surface area contributed by atoms with Crippen LogP contribution in [0.4, 0.5) is 5.69 Å². The lowest BCUT2D eigenvalue weighted by Gasteiger charge is -2.07. The molecule has 0 aromatic heterocycles. The van der Waals surface area contributed by atoms with E-state index in [0.717, 1.165) is 6.42 Å². The van der Waals surface area contributed by atoms with Crippen LogP contribution >= 0.6 is 0 Å². The highest BCUT2D eigenvalue weighted by molar-refractivity contribution is 5.85. The quantitative estimate of drug-likeness (QED) is 0.539. The van der Waals surface area contributed by atoms with Crippen molar-refractivity contribution >= 4 is 17.5 Å². The van der Waals surface area contributed by atoms with Crippen LogP contribution in [0.5, 0.6) is 5.75 Å². The van der Waals surface area contributed by atoms with E-state index in [2.05, 4.69) is 10.6 Å². The number of nitrogens with zero attached hydrogens (tertiary/aromatic N) is 1. The maximum atomic E-state index is 11.4. The van der Waals surface area contributed by atoms with Gasteiger partial charge in [0.1, 0.15) is 5.75 Å². The molecule has 0 unspecified atom stereocenters. The van der Waals surface area contributed by atoms with Crippen LogP contribution in [0.1, 0.15) is 13.3 Å². The second-order valence-corrected chi connectivity index (χ2v) is 4.17. The summed E-state index contributed by atoms with van der Waals surface area (Å²) in [5.74, 6) is -0.369. The maximum absolute atomic E-state index is 11.4. The molecule has 8 nitrogen and oxygen atoms in total. The number of hydrogen-bond acceptors (Lipinski definition) is 5. The zero-order valence-electron chi connectivity index (χ0n) is 11.6. The lowest BCUT2D eigenvalue weighted by atomic mass is 10.3. The molecule has 0 aliphatic heterocycles. The first-order valence-electron chi connectivity index (χ1n) is 6.43. The van der Waals surface area contributed by atoms with Crippen molar-refractivity contribution in [2.75, 3.05) is 19.7 Å². The minimum Gasteiger partial charge on any atom is -0.484 e. The summed E-state index contributed by atoms with van der Waals surface area (Å²) in [7, 11) is 0. The van der Waals surface area contributed by atoms with Gasteiger partial charge in [-0.1, -0.05) is 6.92 Å². The highest BCUT2D eigenvalue weighted by atomic mass is 16.6. The topological polar surface area (TPSA) is 111 Å². The maximum Gasteiger partial charge on any atom is 0.269 e. The Bertz CT molecular complexity index is 501. The monoisotopic (exact) mass is 295 g/mol. The predicted octanol–water partition coefficient (Wildman–Crippen LogP) is 0.616. The first kappa shape index (κ1) is 16.4. The van der Waals surface area contributed by atoms with Crippen molar-refractivity contribution in [3.8, 4) is 5.75 Å². The standard InChI is InChI=1S/C13H17N3O5/c1-2-7-14-12(17)8-15-13(18)9-21-11-5-3-10(4-6-11)16(19)20/h3-6H,2,7-9H2,1H3,(H,14,17)(H,15,18). The molecule has 1 rings (SSSR count). The van der Waals surface area contributed by atoms with Crippen molar-refractivity contribution in [2.24, 2.45) is 0 Å². The Hall–Kier alpha value is -2.64. The van der Waals surface area contributed by atoms with Gasteiger partial charge < -0.3 is 15.4 Å². The lowest BCUT2D eigenvalue weighted by molar-refractivity contribution is -0.384. The Morgan fingerprint density at radius 1 is 1.19 bits per heavy atom. The zero-order chi connectivity index (χ0) is 15.7. The summed E-state index contributed by atoms with van der Waals surface area (Å²) in [4.78, 5) is 32.6. The van der Waals surface area contributed by atoms with Crippen molar-refractivity contribution in [3.05, 3.63) is 34.4 Å². The van der Waals surface area contributed by atoms with Crippen molar-refractivity contribution in [2.45, 2.75) is 13.3 Å². The van der Waals surface area contributed by atoms with E-state index >= 15 is 0 Å². The molecule has 0 atom stereocenters. The SMILES string of the molecule is CCCNC(=O)CNC(=O)COc1ccc([N+](=O)[O-])cc1. The highest BCUT2D eigenvalue weighted by Crippen LogP contribution is 2.16. The number of nitro benzene ring substituents is 1. The number of hydrogen-bond donors (Lipinski definition) is 2. The Morgan fingerprint density at radius 3 is 2.43 bits per heavy atom. The molecule has 8 heteroatoms. The van der Waals surface area contributed by atoms with Crippen LogP contribution in [-0.4, -0.2) is 36.4 Å². The fraction of sp³-hybridized carbons (Fsp3) is 0.385. The minimum absolute atomic E-state index is 0.0561. The van der Waals surface area contributed by atoms with Crippen molar-refractivity contribution in [1.82, 2.24) is 10.6 Å². The number of ether oxygens (including phenoxy) is 1. The smallest absolute Gasteiger partial charge is 0.269 e. The summed E-state index contributed by atoms with van der Waals surface area (Å²) in [6.07, 6.45) is 0.822. The molecule has 0 saturated heterocycles. The number of nitro groups is 1. The molecule has 1 aromatic carbocycles. The molecule has 114 valence electrons. The molecule has 0 bridgehead atoms. The average molecular weight is 295 g/mol. The van der Waals surface area contributed by atoms with Gasteiger partial charge in [-0.3, -0.25) is 19.7 Å².